The Labute approximate surface area is 154 Å². The summed E-state index contributed by atoms with van der Waals surface area (Å²) in [6.07, 6.45) is -0.296. The van der Waals surface area contributed by atoms with Gasteiger partial charge in [0, 0.05) is 6.07 Å². The van der Waals surface area contributed by atoms with E-state index in [1.165, 1.54) is 23.1 Å². The van der Waals surface area contributed by atoms with Gasteiger partial charge in [0.2, 0.25) is 15.9 Å². The molecule has 1 aromatic heterocycles. The minimum atomic E-state index is -3.98. The molecule has 0 atom stereocenters. The van der Waals surface area contributed by atoms with E-state index >= 15 is 0 Å². The van der Waals surface area contributed by atoms with E-state index in [2.05, 4.69) is 4.72 Å². The molecule has 144 valence electrons. The zero-order chi connectivity index (χ0) is 19.6. The predicted octanol–water partition coefficient (Wildman–Crippen LogP) is 0.655. The highest BCUT2D eigenvalue weighted by Crippen LogP contribution is 2.18. The van der Waals surface area contributed by atoms with Crippen molar-refractivity contribution < 1.29 is 26.8 Å². The summed E-state index contributed by atoms with van der Waals surface area (Å²) in [6, 6.07) is 7.29. The van der Waals surface area contributed by atoms with Gasteiger partial charge in [0.25, 0.3) is 0 Å². The highest BCUT2D eigenvalue weighted by Gasteiger charge is 2.32. The number of amides is 1. The topological polar surface area (TPSA) is 106 Å². The molecule has 1 N–H and O–H groups in total. The summed E-state index contributed by atoms with van der Waals surface area (Å²) in [5.41, 5.74) is -0.524. The second-order valence-corrected chi connectivity index (χ2v) is 7.81. The number of benzene rings is 1. The fraction of sp³-hybridized carbons (Fsp3) is 0.294. The van der Waals surface area contributed by atoms with E-state index in [-0.39, 0.29) is 24.1 Å². The van der Waals surface area contributed by atoms with Crippen LogP contribution in [0.5, 0.6) is 5.75 Å². The number of nitrogens with zero attached hydrogens (tertiary/aromatic N) is 1. The number of carbonyl (C=O) groups is 1. The first kappa shape index (κ1) is 19.1. The Morgan fingerprint density at radius 3 is 2.74 bits per heavy atom. The number of nitrogens with one attached hydrogen (secondary N) is 1. The highest BCUT2D eigenvalue weighted by molar-refractivity contribution is 7.89. The van der Waals surface area contributed by atoms with Gasteiger partial charge in [-0.3, -0.25) is 4.79 Å². The summed E-state index contributed by atoms with van der Waals surface area (Å²) in [6.45, 7) is 1.70. The molecule has 2 aromatic rings. The molecule has 1 aliphatic heterocycles. The summed E-state index contributed by atoms with van der Waals surface area (Å²) in [4.78, 5) is 24.5. The zero-order valence-electron chi connectivity index (χ0n) is 14.3. The molecule has 0 radical (unpaired) electrons. The van der Waals surface area contributed by atoms with Crippen LogP contribution in [0.3, 0.4) is 0 Å². The average Bonchev–Trinajstić information content (AvgIpc) is 2.55. The number of aryl methyl sites for hydroxylation is 1. The van der Waals surface area contributed by atoms with Crippen LogP contribution in [0.25, 0.3) is 0 Å². The molecular weight excluding hydrogens is 379 g/mol. The molecule has 10 heteroatoms. The smallest absolute Gasteiger partial charge is 0.339 e. The van der Waals surface area contributed by atoms with Crippen LogP contribution in [-0.2, 0) is 14.8 Å². The second-order valence-electron chi connectivity index (χ2n) is 6.04. The number of carbonyl (C=O) groups excluding carboxylic acids is 1. The van der Waals surface area contributed by atoms with Crippen LogP contribution in [0.1, 0.15) is 5.76 Å². The van der Waals surface area contributed by atoms with Gasteiger partial charge in [-0.2, -0.15) is 0 Å². The molecule has 0 saturated carbocycles. The number of likely N-dealkylation sites (tertiary alicyclic amines) is 1. The molecule has 0 unspecified atom stereocenters. The van der Waals surface area contributed by atoms with Gasteiger partial charge < -0.3 is 14.1 Å². The van der Waals surface area contributed by atoms with Gasteiger partial charge in [-0.1, -0.05) is 6.07 Å². The normalized spacial score (nSPS) is 14.7. The fourth-order valence-electron chi connectivity index (χ4n) is 2.54. The van der Waals surface area contributed by atoms with Gasteiger partial charge in [0.1, 0.15) is 23.4 Å². The molecule has 1 aromatic carbocycles. The van der Waals surface area contributed by atoms with Crippen LogP contribution in [0, 0.1) is 12.7 Å². The van der Waals surface area contributed by atoms with Crippen molar-refractivity contribution in [3.8, 4) is 5.75 Å². The van der Waals surface area contributed by atoms with Crippen molar-refractivity contribution in [1.82, 2.24) is 9.62 Å². The summed E-state index contributed by atoms with van der Waals surface area (Å²) in [7, 11) is -3.98. The van der Waals surface area contributed by atoms with E-state index in [1.54, 1.807) is 13.0 Å². The molecule has 2 heterocycles. The van der Waals surface area contributed by atoms with Gasteiger partial charge in [-0.05, 0) is 25.1 Å². The first-order valence-corrected chi connectivity index (χ1v) is 9.53. The molecule has 1 saturated heterocycles. The predicted molar refractivity (Wildman–Crippen MR) is 92.3 cm³/mol. The minimum Gasteiger partial charge on any atom is -0.486 e. The Kier molecular flexibility index (Phi) is 5.29. The Bertz CT molecular complexity index is 1010. The lowest BCUT2D eigenvalue weighted by atomic mass is 10.1. The third kappa shape index (κ3) is 4.72. The van der Waals surface area contributed by atoms with Gasteiger partial charge in [-0.25, -0.2) is 22.3 Å². The van der Waals surface area contributed by atoms with Gasteiger partial charge in [-0.15, -0.1) is 0 Å². The maximum Gasteiger partial charge on any atom is 0.339 e. The summed E-state index contributed by atoms with van der Waals surface area (Å²) < 4.78 is 49.9. The molecule has 1 amide bonds. The van der Waals surface area contributed by atoms with Crippen LogP contribution in [-0.4, -0.2) is 45.0 Å². The van der Waals surface area contributed by atoms with Crippen LogP contribution in [0.15, 0.2) is 50.5 Å². The van der Waals surface area contributed by atoms with Crippen LogP contribution < -0.4 is 15.1 Å². The van der Waals surface area contributed by atoms with Crippen molar-refractivity contribution in [2.75, 3.05) is 19.6 Å². The summed E-state index contributed by atoms with van der Waals surface area (Å²) in [5, 5.41) is 0. The number of rotatable bonds is 6. The van der Waals surface area contributed by atoms with E-state index in [1.807, 2.05) is 0 Å². The zero-order valence-corrected chi connectivity index (χ0v) is 15.2. The van der Waals surface area contributed by atoms with Crippen molar-refractivity contribution in [3.63, 3.8) is 0 Å². The van der Waals surface area contributed by atoms with E-state index < -0.39 is 33.9 Å². The van der Waals surface area contributed by atoms with E-state index in [9.17, 15) is 22.4 Å². The molecule has 1 aliphatic rings. The first-order valence-electron chi connectivity index (χ1n) is 8.04. The quantitative estimate of drug-likeness (QED) is 0.769. The Balaban J connectivity index is 1.50. The maximum absolute atomic E-state index is 13.2. The molecule has 3 rings (SSSR count). The standard InChI is InChI=1S/C17H17FN2O6S/c1-11-5-13(7-17(22)25-11)26-14-9-20(10-14)16(21)8-19-27(23,24)15-4-2-3-12(18)6-15/h2-7,14,19H,8-10H2,1H3. The number of halogens is 1. The van der Waals surface area contributed by atoms with Crippen molar-refractivity contribution >= 4 is 15.9 Å². The van der Waals surface area contributed by atoms with E-state index in [0.29, 0.717) is 11.5 Å². The minimum absolute atomic E-state index is 0.251. The molecule has 0 aliphatic carbocycles. The molecule has 0 spiro atoms. The van der Waals surface area contributed by atoms with Gasteiger partial charge >= 0.3 is 5.63 Å². The Morgan fingerprint density at radius 2 is 2.07 bits per heavy atom. The van der Waals surface area contributed by atoms with Gasteiger partial charge in [0.15, 0.2) is 0 Å². The summed E-state index contributed by atoms with van der Waals surface area (Å²) >= 11 is 0. The Hall–Kier alpha value is -2.72. The van der Waals surface area contributed by atoms with Crippen molar-refractivity contribution in [2.45, 2.75) is 17.9 Å². The third-order valence-electron chi connectivity index (χ3n) is 3.89. The first-order chi connectivity index (χ1) is 12.7. The number of sulfonamides is 1. The lowest BCUT2D eigenvalue weighted by molar-refractivity contribution is -0.138. The third-order valence-corrected chi connectivity index (χ3v) is 5.29. The molecule has 0 bridgehead atoms. The molecule has 1 fully saturated rings. The largest absolute Gasteiger partial charge is 0.486 e. The number of ether oxygens (including phenoxy) is 1. The Morgan fingerprint density at radius 1 is 1.33 bits per heavy atom. The monoisotopic (exact) mass is 396 g/mol. The highest BCUT2D eigenvalue weighted by atomic mass is 32.2. The lowest BCUT2D eigenvalue weighted by Gasteiger charge is -2.38. The van der Waals surface area contributed by atoms with Gasteiger partial charge in [0.05, 0.1) is 30.6 Å². The number of hydrogen-bond donors (Lipinski definition) is 1. The number of hydrogen-bond acceptors (Lipinski definition) is 6. The average molecular weight is 396 g/mol. The molecule has 27 heavy (non-hydrogen) atoms. The molecule has 8 nitrogen and oxygen atoms in total. The van der Waals surface area contributed by atoms with Crippen LogP contribution in [0.4, 0.5) is 4.39 Å². The maximum atomic E-state index is 13.2. The van der Waals surface area contributed by atoms with Crippen molar-refractivity contribution in [1.29, 1.82) is 0 Å². The lowest BCUT2D eigenvalue weighted by Crippen LogP contribution is -2.58. The second kappa shape index (κ2) is 7.49. The van der Waals surface area contributed by atoms with E-state index in [0.717, 1.165) is 12.1 Å². The van der Waals surface area contributed by atoms with Crippen molar-refractivity contribution in [2.24, 2.45) is 0 Å². The van der Waals surface area contributed by atoms with Crippen LogP contribution >= 0.6 is 0 Å². The van der Waals surface area contributed by atoms with Crippen molar-refractivity contribution in [3.05, 3.63) is 58.4 Å². The SMILES string of the molecule is Cc1cc(OC2CN(C(=O)CNS(=O)(=O)c3cccc(F)c3)C2)cc(=O)o1. The molecular formula is C17H17FN2O6S. The van der Waals surface area contributed by atoms with Crippen LogP contribution in [0.2, 0.25) is 0 Å². The van der Waals surface area contributed by atoms with E-state index in [4.69, 9.17) is 9.15 Å². The summed E-state index contributed by atoms with van der Waals surface area (Å²) in [5.74, 6) is -0.347. The fourth-order valence-corrected chi connectivity index (χ4v) is 3.54.